The number of tetrazole rings is 1. The molecular formula is C14H11N5S. The molecule has 0 atom stereocenters. The van der Waals surface area contributed by atoms with Crippen LogP contribution in [0.1, 0.15) is 23.2 Å². The van der Waals surface area contributed by atoms with Crippen molar-refractivity contribution in [3.8, 4) is 23.2 Å². The first-order valence-electron chi connectivity index (χ1n) is 6.15. The minimum absolute atomic E-state index is 0.566. The van der Waals surface area contributed by atoms with Crippen LogP contribution in [0.25, 0.3) is 11.4 Å². The van der Waals surface area contributed by atoms with Crippen molar-refractivity contribution < 1.29 is 0 Å². The molecule has 0 aliphatic carbocycles. The summed E-state index contributed by atoms with van der Waals surface area (Å²) in [4.78, 5) is 4.42. The van der Waals surface area contributed by atoms with Crippen molar-refractivity contribution in [2.24, 2.45) is 0 Å². The first-order valence-corrected chi connectivity index (χ1v) is 7.03. The monoisotopic (exact) mass is 281 g/mol. The number of hydrogen-bond acceptors (Lipinski definition) is 5. The van der Waals surface area contributed by atoms with Crippen molar-refractivity contribution in [1.29, 1.82) is 0 Å². The molecule has 20 heavy (non-hydrogen) atoms. The summed E-state index contributed by atoms with van der Waals surface area (Å²) in [5, 5.41) is 16.8. The highest BCUT2D eigenvalue weighted by Gasteiger charge is 2.02. The van der Waals surface area contributed by atoms with E-state index >= 15 is 0 Å². The molecule has 0 saturated carbocycles. The van der Waals surface area contributed by atoms with Gasteiger partial charge in [0.2, 0.25) is 5.82 Å². The standard InChI is InChI=1S/C14H11N5S/c1-2-12-9-20-13(15-12)7-6-10-4-3-5-11(8-10)14-16-18-19-17-14/h3-5,8-9H,2H2,1H3,(H,16,17,18,19). The number of hydrogen-bond donors (Lipinski definition) is 1. The maximum Gasteiger partial charge on any atom is 0.204 e. The van der Waals surface area contributed by atoms with Gasteiger partial charge in [-0.3, -0.25) is 0 Å². The normalized spacial score (nSPS) is 10.1. The number of rotatable bonds is 2. The zero-order valence-corrected chi connectivity index (χ0v) is 11.6. The molecule has 2 aromatic heterocycles. The zero-order chi connectivity index (χ0) is 13.8. The van der Waals surface area contributed by atoms with E-state index in [0.717, 1.165) is 28.2 Å². The van der Waals surface area contributed by atoms with Gasteiger partial charge >= 0.3 is 0 Å². The van der Waals surface area contributed by atoms with E-state index in [1.165, 1.54) is 0 Å². The molecule has 0 saturated heterocycles. The van der Waals surface area contributed by atoms with Crippen LogP contribution in [-0.4, -0.2) is 25.6 Å². The third-order valence-electron chi connectivity index (χ3n) is 2.69. The third-order valence-corrected chi connectivity index (χ3v) is 3.50. The molecule has 0 unspecified atom stereocenters. The molecule has 98 valence electrons. The second-order valence-corrected chi connectivity index (χ2v) is 4.92. The van der Waals surface area contributed by atoms with Crippen LogP contribution < -0.4 is 0 Å². The molecule has 1 N–H and O–H groups in total. The zero-order valence-electron chi connectivity index (χ0n) is 10.8. The van der Waals surface area contributed by atoms with Crippen molar-refractivity contribution >= 4 is 11.3 Å². The number of thiazole rings is 1. The molecule has 6 heteroatoms. The number of aromatic amines is 1. The number of H-pyrrole nitrogens is 1. The number of aryl methyl sites for hydroxylation is 1. The quantitative estimate of drug-likeness (QED) is 0.732. The lowest BCUT2D eigenvalue weighted by Crippen LogP contribution is -1.83. The summed E-state index contributed by atoms with van der Waals surface area (Å²) in [6.45, 7) is 2.08. The predicted molar refractivity (Wildman–Crippen MR) is 77.1 cm³/mol. The lowest BCUT2D eigenvalue weighted by atomic mass is 10.1. The number of aromatic nitrogens is 5. The number of benzene rings is 1. The van der Waals surface area contributed by atoms with Crippen LogP contribution in [-0.2, 0) is 6.42 Å². The van der Waals surface area contributed by atoms with E-state index < -0.39 is 0 Å². The molecule has 5 nitrogen and oxygen atoms in total. The second kappa shape index (κ2) is 5.63. The van der Waals surface area contributed by atoms with Crippen LogP contribution in [0.3, 0.4) is 0 Å². The summed E-state index contributed by atoms with van der Waals surface area (Å²) < 4.78 is 0. The van der Waals surface area contributed by atoms with Crippen LogP contribution in [0.2, 0.25) is 0 Å². The molecule has 0 spiro atoms. The summed E-state index contributed by atoms with van der Waals surface area (Å²) >= 11 is 1.57. The van der Waals surface area contributed by atoms with Crippen LogP contribution >= 0.6 is 11.3 Å². The Balaban J connectivity index is 1.87. The summed E-state index contributed by atoms with van der Waals surface area (Å²) in [6.07, 6.45) is 0.936. The molecule has 0 aliphatic heterocycles. The highest BCUT2D eigenvalue weighted by molar-refractivity contribution is 7.10. The summed E-state index contributed by atoms with van der Waals surface area (Å²) in [7, 11) is 0. The van der Waals surface area contributed by atoms with E-state index in [4.69, 9.17) is 0 Å². The topological polar surface area (TPSA) is 67.3 Å². The van der Waals surface area contributed by atoms with Gasteiger partial charge in [0.05, 0.1) is 5.69 Å². The van der Waals surface area contributed by atoms with Crippen LogP contribution in [0, 0.1) is 11.8 Å². The van der Waals surface area contributed by atoms with Gasteiger partial charge in [-0.05, 0) is 29.7 Å². The fraction of sp³-hybridized carbons (Fsp3) is 0.143. The lowest BCUT2D eigenvalue weighted by molar-refractivity contribution is 0.881. The minimum atomic E-state index is 0.566. The van der Waals surface area contributed by atoms with Gasteiger partial charge in [-0.15, -0.1) is 21.5 Å². The van der Waals surface area contributed by atoms with E-state index in [-0.39, 0.29) is 0 Å². The third kappa shape index (κ3) is 2.73. The largest absolute Gasteiger partial charge is 0.233 e. The molecule has 0 aliphatic rings. The Bertz CT molecular complexity index is 764. The fourth-order valence-corrected chi connectivity index (χ4v) is 2.42. The molecule has 0 amide bonds. The SMILES string of the molecule is CCc1csc(C#Cc2cccc(-c3nn[nH]n3)c2)n1. The molecule has 0 fully saturated rings. The van der Waals surface area contributed by atoms with Crippen molar-refractivity contribution in [3.05, 3.63) is 45.9 Å². The van der Waals surface area contributed by atoms with Crippen molar-refractivity contribution in [3.63, 3.8) is 0 Å². The Morgan fingerprint density at radius 3 is 3.00 bits per heavy atom. The maximum absolute atomic E-state index is 4.42. The van der Waals surface area contributed by atoms with Crippen molar-refractivity contribution in [1.82, 2.24) is 25.6 Å². The summed E-state index contributed by atoms with van der Waals surface area (Å²) in [6, 6.07) is 7.74. The van der Waals surface area contributed by atoms with E-state index in [1.807, 2.05) is 29.6 Å². The van der Waals surface area contributed by atoms with E-state index in [9.17, 15) is 0 Å². The highest BCUT2D eigenvalue weighted by atomic mass is 32.1. The van der Waals surface area contributed by atoms with Gasteiger partial charge in [-0.25, -0.2) is 4.98 Å². The minimum Gasteiger partial charge on any atom is -0.233 e. The van der Waals surface area contributed by atoms with Crippen LogP contribution in [0.4, 0.5) is 0 Å². The Morgan fingerprint density at radius 2 is 2.25 bits per heavy atom. The molecule has 2 heterocycles. The Kier molecular flexibility index (Phi) is 3.52. The fourth-order valence-electron chi connectivity index (χ4n) is 1.67. The molecule has 3 rings (SSSR count). The Morgan fingerprint density at radius 1 is 1.30 bits per heavy atom. The first-order chi connectivity index (χ1) is 9.85. The molecule has 0 bridgehead atoms. The Labute approximate surface area is 120 Å². The second-order valence-electron chi connectivity index (χ2n) is 4.06. The van der Waals surface area contributed by atoms with Gasteiger partial charge in [0.15, 0.2) is 5.01 Å². The molecular weight excluding hydrogens is 270 g/mol. The van der Waals surface area contributed by atoms with Gasteiger partial charge in [-0.2, -0.15) is 5.21 Å². The average Bonchev–Trinajstić information content (AvgIpc) is 3.17. The highest BCUT2D eigenvalue weighted by Crippen LogP contribution is 2.14. The number of nitrogens with one attached hydrogen (secondary N) is 1. The van der Waals surface area contributed by atoms with Crippen molar-refractivity contribution in [2.75, 3.05) is 0 Å². The van der Waals surface area contributed by atoms with E-state index in [1.54, 1.807) is 11.3 Å². The lowest BCUT2D eigenvalue weighted by Gasteiger charge is -1.94. The Hall–Kier alpha value is -2.52. The molecule has 0 radical (unpaired) electrons. The van der Waals surface area contributed by atoms with E-state index in [0.29, 0.717) is 5.82 Å². The average molecular weight is 281 g/mol. The molecule has 1 aromatic carbocycles. The van der Waals surface area contributed by atoms with Gasteiger partial charge in [0.1, 0.15) is 0 Å². The van der Waals surface area contributed by atoms with Crippen LogP contribution in [0.5, 0.6) is 0 Å². The summed E-state index contributed by atoms with van der Waals surface area (Å²) in [5.41, 5.74) is 2.87. The van der Waals surface area contributed by atoms with Gasteiger partial charge < -0.3 is 0 Å². The van der Waals surface area contributed by atoms with Crippen molar-refractivity contribution in [2.45, 2.75) is 13.3 Å². The first kappa shape index (κ1) is 12.5. The summed E-state index contributed by atoms with van der Waals surface area (Å²) in [5.74, 6) is 6.76. The van der Waals surface area contributed by atoms with Gasteiger partial charge in [-0.1, -0.05) is 25.0 Å². The van der Waals surface area contributed by atoms with Gasteiger partial charge in [0.25, 0.3) is 0 Å². The maximum atomic E-state index is 4.42. The van der Waals surface area contributed by atoms with E-state index in [2.05, 4.69) is 44.4 Å². The number of nitrogens with zero attached hydrogens (tertiary/aromatic N) is 4. The smallest absolute Gasteiger partial charge is 0.204 e. The van der Waals surface area contributed by atoms with Crippen LogP contribution in [0.15, 0.2) is 29.6 Å². The van der Waals surface area contributed by atoms with Gasteiger partial charge in [0, 0.05) is 16.5 Å². The predicted octanol–water partition coefficient (Wildman–Crippen LogP) is 2.29. The molecule has 3 aromatic rings.